The molecule has 0 aliphatic heterocycles. The van der Waals surface area contributed by atoms with Crippen LogP contribution in [0.25, 0.3) is 0 Å². The second-order valence-electron chi connectivity index (χ2n) is 5.62. The molecule has 0 aliphatic carbocycles. The first-order valence-corrected chi connectivity index (χ1v) is 9.37. The van der Waals surface area contributed by atoms with Gasteiger partial charge in [0.05, 0.1) is 27.3 Å². The highest BCUT2D eigenvalue weighted by molar-refractivity contribution is 7.06. The third-order valence-electron chi connectivity index (χ3n) is 3.70. The van der Waals surface area contributed by atoms with Gasteiger partial charge in [-0.2, -0.15) is 8.75 Å². The molecule has 26 heavy (non-hydrogen) atoms. The highest BCUT2D eigenvalue weighted by atomic mass is 32.1. The van der Waals surface area contributed by atoms with Gasteiger partial charge in [-0.05, 0) is 23.1 Å². The maximum Gasteiger partial charge on any atom is 0.225 e. The zero-order valence-electron chi connectivity index (χ0n) is 15.0. The summed E-state index contributed by atoms with van der Waals surface area (Å²) in [5.41, 5.74) is 0. The molecule has 0 fully saturated rings. The summed E-state index contributed by atoms with van der Waals surface area (Å²) in [5, 5.41) is 0. The van der Waals surface area contributed by atoms with Gasteiger partial charge in [-0.1, -0.05) is 0 Å². The summed E-state index contributed by atoms with van der Waals surface area (Å²) >= 11 is 2.85. The summed E-state index contributed by atoms with van der Waals surface area (Å²) in [6, 6.07) is 5.84. The third kappa shape index (κ3) is 4.38. The molecule has 0 unspecified atom stereocenters. The van der Waals surface area contributed by atoms with E-state index in [0.717, 1.165) is 21.4 Å². The van der Waals surface area contributed by atoms with Crippen molar-refractivity contribution in [3.8, 4) is 11.8 Å². The molecule has 0 radical (unpaired) electrons. The quantitative estimate of drug-likeness (QED) is 0.579. The van der Waals surface area contributed by atoms with Crippen molar-refractivity contribution in [1.29, 1.82) is 0 Å². The molecule has 10 heteroatoms. The van der Waals surface area contributed by atoms with Crippen molar-refractivity contribution in [3.63, 3.8) is 0 Å². The van der Waals surface area contributed by atoms with Gasteiger partial charge >= 0.3 is 0 Å². The van der Waals surface area contributed by atoms with Crippen LogP contribution in [0.5, 0.6) is 11.8 Å². The van der Waals surface area contributed by atoms with Crippen LogP contribution in [0.15, 0.2) is 24.5 Å². The molecule has 3 aromatic rings. The largest absolute Gasteiger partial charge is 0.480 e. The molecule has 0 amide bonds. The van der Waals surface area contributed by atoms with E-state index in [1.165, 1.54) is 23.1 Å². The van der Waals surface area contributed by atoms with Gasteiger partial charge in [0.1, 0.15) is 18.0 Å². The van der Waals surface area contributed by atoms with Crippen molar-refractivity contribution in [2.45, 2.75) is 13.1 Å². The standard InChI is InChI=1S/C16H20N6O2S2/c1-21(8-11-5-15(23-3)19-25-11)13-7-14(18-10-17-13)22(2)9-12-6-16(24-4)20-26-12/h5-7,10H,8-9H2,1-4H3. The van der Waals surface area contributed by atoms with E-state index in [1.807, 2.05) is 32.3 Å². The molecular formula is C16H20N6O2S2. The lowest BCUT2D eigenvalue weighted by molar-refractivity contribution is 0.402. The number of hydrogen-bond acceptors (Lipinski definition) is 10. The van der Waals surface area contributed by atoms with Crippen molar-refractivity contribution in [2.24, 2.45) is 0 Å². The molecule has 0 saturated carbocycles. The maximum absolute atomic E-state index is 5.13. The van der Waals surface area contributed by atoms with E-state index in [0.29, 0.717) is 24.8 Å². The first-order valence-electron chi connectivity index (χ1n) is 7.82. The Morgan fingerprint density at radius 2 is 1.27 bits per heavy atom. The number of ether oxygens (including phenoxy) is 2. The fourth-order valence-corrected chi connectivity index (χ4v) is 3.79. The Balaban J connectivity index is 1.68. The molecule has 0 aromatic carbocycles. The molecule has 0 bridgehead atoms. The zero-order chi connectivity index (χ0) is 18.5. The van der Waals surface area contributed by atoms with E-state index in [1.54, 1.807) is 20.5 Å². The molecule has 0 N–H and O–H groups in total. The van der Waals surface area contributed by atoms with E-state index >= 15 is 0 Å². The fraction of sp³-hybridized carbons (Fsp3) is 0.375. The average molecular weight is 393 g/mol. The Labute approximate surface area is 160 Å². The van der Waals surface area contributed by atoms with Crippen LogP contribution in [-0.4, -0.2) is 47.0 Å². The van der Waals surface area contributed by atoms with Gasteiger partial charge in [0.15, 0.2) is 0 Å². The molecule has 8 nitrogen and oxygen atoms in total. The van der Waals surface area contributed by atoms with Crippen LogP contribution in [0.2, 0.25) is 0 Å². The van der Waals surface area contributed by atoms with Gasteiger partial charge in [-0.25, -0.2) is 9.97 Å². The summed E-state index contributed by atoms with van der Waals surface area (Å²) < 4.78 is 18.7. The van der Waals surface area contributed by atoms with Gasteiger partial charge < -0.3 is 19.3 Å². The summed E-state index contributed by atoms with van der Waals surface area (Å²) in [4.78, 5) is 15.1. The Bertz CT molecular complexity index is 787. The van der Waals surface area contributed by atoms with Gasteiger partial charge in [0.25, 0.3) is 0 Å². The SMILES string of the molecule is COc1cc(CN(C)c2cc(N(C)Cc3cc(OC)ns3)ncn2)sn1. The smallest absolute Gasteiger partial charge is 0.225 e. The summed E-state index contributed by atoms with van der Waals surface area (Å²) in [6.45, 7) is 1.40. The number of nitrogens with zero attached hydrogens (tertiary/aromatic N) is 6. The second kappa shape index (κ2) is 8.28. The fourth-order valence-electron chi connectivity index (χ4n) is 2.31. The molecule has 3 rings (SSSR count). The number of methoxy groups -OCH3 is 2. The minimum atomic E-state index is 0.640. The first-order chi connectivity index (χ1) is 12.6. The summed E-state index contributed by atoms with van der Waals surface area (Å²) in [5.74, 6) is 2.97. The lowest BCUT2D eigenvalue weighted by atomic mass is 10.4. The monoisotopic (exact) mass is 392 g/mol. The first kappa shape index (κ1) is 18.3. The number of aromatic nitrogens is 4. The van der Waals surface area contributed by atoms with Gasteiger partial charge in [-0.15, -0.1) is 0 Å². The lowest BCUT2D eigenvalue weighted by Gasteiger charge is -2.21. The van der Waals surface area contributed by atoms with Crippen molar-refractivity contribution in [2.75, 3.05) is 38.1 Å². The molecule has 138 valence electrons. The highest BCUT2D eigenvalue weighted by Gasteiger charge is 2.12. The van der Waals surface area contributed by atoms with Gasteiger partial charge in [-0.3, -0.25) is 0 Å². The van der Waals surface area contributed by atoms with E-state index < -0.39 is 0 Å². The van der Waals surface area contributed by atoms with Crippen LogP contribution >= 0.6 is 23.1 Å². The maximum atomic E-state index is 5.13. The average Bonchev–Trinajstić information content (AvgIpc) is 3.30. The highest BCUT2D eigenvalue weighted by Crippen LogP contribution is 2.23. The van der Waals surface area contributed by atoms with E-state index in [9.17, 15) is 0 Å². The predicted octanol–water partition coefficient (Wildman–Crippen LogP) is 2.68. The van der Waals surface area contributed by atoms with E-state index in [4.69, 9.17) is 9.47 Å². The van der Waals surface area contributed by atoms with Crippen LogP contribution in [0.4, 0.5) is 11.6 Å². The van der Waals surface area contributed by atoms with Crippen molar-refractivity contribution < 1.29 is 9.47 Å². The van der Waals surface area contributed by atoms with Gasteiger partial charge in [0, 0.05) is 42.0 Å². The number of hydrogen-bond donors (Lipinski definition) is 0. The molecule has 3 aromatic heterocycles. The van der Waals surface area contributed by atoms with Crippen molar-refractivity contribution in [3.05, 3.63) is 34.3 Å². The Morgan fingerprint density at radius 3 is 1.65 bits per heavy atom. The molecule has 0 aliphatic rings. The molecule has 3 heterocycles. The third-order valence-corrected chi connectivity index (χ3v) is 5.20. The zero-order valence-corrected chi connectivity index (χ0v) is 16.7. The van der Waals surface area contributed by atoms with Crippen LogP contribution < -0.4 is 19.3 Å². The molecular weight excluding hydrogens is 372 g/mol. The predicted molar refractivity (Wildman–Crippen MR) is 104 cm³/mol. The molecule has 0 spiro atoms. The van der Waals surface area contributed by atoms with Crippen LogP contribution in [-0.2, 0) is 13.1 Å². The molecule has 0 saturated heterocycles. The normalized spacial score (nSPS) is 10.6. The van der Waals surface area contributed by atoms with Crippen molar-refractivity contribution in [1.82, 2.24) is 18.7 Å². The Hall–Kier alpha value is -2.46. The van der Waals surface area contributed by atoms with E-state index in [2.05, 4.69) is 28.5 Å². The lowest BCUT2D eigenvalue weighted by Crippen LogP contribution is -2.20. The van der Waals surface area contributed by atoms with Crippen LogP contribution in [0.1, 0.15) is 9.75 Å². The van der Waals surface area contributed by atoms with Gasteiger partial charge in [0.2, 0.25) is 11.8 Å². The minimum Gasteiger partial charge on any atom is -0.480 e. The minimum absolute atomic E-state index is 0.640. The molecule has 0 atom stereocenters. The van der Waals surface area contributed by atoms with Crippen LogP contribution in [0, 0.1) is 0 Å². The second-order valence-corrected chi connectivity index (χ2v) is 7.40. The summed E-state index contributed by atoms with van der Waals surface area (Å²) in [6.07, 6.45) is 1.58. The Morgan fingerprint density at radius 1 is 0.808 bits per heavy atom. The van der Waals surface area contributed by atoms with Crippen molar-refractivity contribution >= 4 is 34.7 Å². The number of anilines is 2. The van der Waals surface area contributed by atoms with E-state index in [-0.39, 0.29) is 0 Å². The summed E-state index contributed by atoms with van der Waals surface area (Å²) in [7, 11) is 7.22. The number of rotatable bonds is 8. The van der Waals surface area contributed by atoms with Crippen LogP contribution in [0.3, 0.4) is 0 Å². The Kier molecular flexibility index (Phi) is 5.84. The topological polar surface area (TPSA) is 76.5 Å².